The Kier molecular flexibility index (Phi) is 2.13. The Morgan fingerprint density at radius 3 is 3.07 bits per heavy atom. The van der Waals surface area contributed by atoms with E-state index < -0.39 is 0 Å². The van der Waals surface area contributed by atoms with Crippen molar-refractivity contribution in [2.45, 2.75) is 0 Å². The molecule has 2 N–H and O–H groups in total. The second-order valence-electron chi connectivity index (χ2n) is 2.88. The Bertz CT molecular complexity index is 580. The van der Waals surface area contributed by atoms with Crippen LogP contribution in [0.25, 0.3) is 11.2 Å². The lowest BCUT2D eigenvalue weighted by atomic mass is 10.4. The van der Waals surface area contributed by atoms with E-state index in [1.165, 1.54) is 12.3 Å². The molecule has 0 aliphatic heterocycles. The third-order valence-electron chi connectivity index (χ3n) is 1.85. The molecule has 0 saturated heterocycles. The standard InChI is InChI=1S/C10H9N3O2/c1-3-6(2)15-7-4-5-11-9-8(7)12-10(14)13-9/h3-5H,1-2H2,(H2,11,12,13,14). The Morgan fingerprint density at radius 2 is 2.33 bits per heavy atom. The summed E-state index contributed by atoms with van der Waals surface area (Å²) in [5, 5.41) is 0. The molecule has 5 nitrogen and oxygen atoms in total. The lowest BCUT2D eigenvalue weighted by Gasteiger charge is -2.04. The summed E-state index contributed by atoms with van der Waals surface area (Å²) in [5.74, 6) is 0.896. The van der Waals surface area contributed by atoms with Crippen LogP contribution in [0.5, 0.6) is 5.75 Å². The van der Waals surface area contributed by atoms with E-state index in [0.29, 0.717) is 22.7 Å². The van der Waals surface area contributed by atoms with Gasteiger partial charge in [-0.15, -0.1) is 0 Å². The molecular weight excluding hydrogens is 194 g/mol. The molecule has 15 heavy (non-hydrogen) atoms. The van der Waals surface area contributed by atoms with Crippen LogP contribution >= 0.6 is 0 Å². The highest BCUT2D eigenvalue weighted by atomic mass is 16.5. The number of ether oxygens (including phenoxy) is 1. The molecule has 2 aromatic rings. The predicted octanol–water partition coefficient (Wildman–Crippen LogP) is 1.33. The summed E-state index contributed by atoms with van der Waals surface area (Å²) in [6.07, 6.45) is 3.02. The summed E-state index contributed by atoms with van der Waals surface area (Å²) < 4.78 is 5.35. The van der Waals surface area contributed by atoms with Crippen molar-refractivity contribution < 1.29 is 4.74 Å². The molecule has 0 radical (unpaired) electrons. The van der Waals surface area contributed by atoms with E-state index in [0.717, 1.165) is 0 Å². The lowest BCUT2D eigenvalue weighted by molar-refractivity contribution is 0.451. The van der Waals surface area contributed by atoms with Gasteiger partial charge in [0.1, 0.15) is 11.3 Å². The molecule has 76 valence electrons. The van der Waals surface area contributed by atoms with Crippen LogP contribution in [-0.2, 0) is 0 Å². The minimum Gasteiger partial charge on any atom is -0.456 e. The molecule has 0 bridgehead atoms. The summed E-state index contributed by atoms with van der Waals surface area (Å²) in [7, 11) is 0. The van der Waals surface area contributed by atoms with Gasteiger partial charge in [-0.1, -0.05) is 13.2 Å². The lowest BCUT2D eigenvalue weighted by Crippen LogP contribution is -1.99. The molecule has 0 spiro atoms. The van der Waals surface area contributed by atoms with Crippen LogP contribution in [0.2, 0.25) is 0 Å². The molecule has 2 rings (SSSR count). The molecule has 0 fully saturated rings. The number of pyridine rings is 1. The van der Waals surface area contributed by atoms with Crippen LogP contribution in [0, 0.1) is 0 Å². The maximum Gasteiger partial charge on any atom is 0.325 e. The van der Waals surface area contributed by atoms with Crippen molar-refractivity contribution in [3.05, 3.63) is 47.7 Å². The maximum absolute atomic E-state index is 11.0. The summed E-state index contributed by atoms with van der Waals surface area (Å²) in [4.78, 5) is 20.1. The topological polar surface area (TPSA) is 70.8 Å². The van der Waals surface area contributed by atoms with Crippen LogP contribution in [0.15, 0.2) is 42.1 Å². The molecule has 0 amide bonds. The average molecular weight is 203 g/mol. The monoisotopic (exact) mass is 203 g/mol. The van der Waals surface area contributed by atoms with E-state index in [1.807, 2.05) is 0 Å². The summed E-state index contributed by atoms with van der Waals surface area (Å²) >= 11 is 0. The van der Waals surface area contributed by atoms with Crippen molar-refractivity contribution in [3.8, 4) is 5.75 Å². The minimum atomic E-state index is -0.322. The van der Waals surface area contributed by atoms with Crippen molar-refractivity contribution in [3.63, 3.8) is 0 Å². The molecule has 5 heteroatoms. The smallest absolute Gasteiger partial charge is 0.325 e. The Labute approximate surface area is 85.1 Å². The molecule has 2 aromatic heterocycles. The van der Waals surface area contributed by atoms with Gasteiger partial charge in [0.2, 0.25) is 0 Å². The Morgan fingerprint density at radius 1 is 1.53 bits per heavy atom. The van der Waals surface area contributed by atoms with Gasteiger partial charge in [0.25, 0.3) is 0 Å². The van der Waals surface area contributed by atoms with Crippen LogP contribution < -0.4 is 10.4 Å². The second-order valence-corrected chi connectivity index (χ2v) is 2.88. The van der Waals surface area contributed by atoms with Gasteiger partial charge in [-0.05, 0) is 6.08 Å². The quantitative estimate of drug-likeness (QED) is 0.584. The molecule has 0 aliphatic carbocycles. The first-order chi connectivity index (χ1) is 7.20. The summed E-state index contributed by atoms with van der Waals surface area (Å²) in [6, 6.07) is 1.64. The van der Waals surface area contributed by atoms with Crippen molar-refractivity contribution >= 4 is 11.2 Å². The molecule has 0 unspecified atom stereocenters. The summed E-state index contributed by atoms with van der Waals surface area (Å²) in [5.41, 5.74) is 0.651. The number of rotatable bonds is 3. The van der Waals surface area contributed by atoms with Gasteiger partial charge in [-0.3, -0.25) is 4.98 Å². The number of nitrogens with one attached hydrogen (secondary N) is 2. The minimum absolute atomic E-state index is 0.322. The van der Waals surface area contributed by atoms with E-state index in [-0.39, 0.29) is 5.69 Å². The molecule has 0 aliphatic rings. The van der Waals surface area contributed by atoms with E-state index in [2.05, 4.69) is 28.1 Å². The largest absolute Gasteiger partial charge is 0.456 e. The number of H-pyrrole nitrogens is 2. The van der Waals surface area contributed by atoms with Crippen LogP contribution in [0.4, 0.5) is 0 Å². The van der Waals surface area contributed by atoms with Gasteiger partial charge >= 0.3 is 5.69 Å². The fraction of sp³-hybridized carbons (Fsp3) is 0. The first kappa shape index (κ1) is 9.26. The normalized spacial score (nSPS) is 10.1. The third-order valence-corrected chi connectivity index (χ3v) is 1.85. The SMILES string of the molecule is C=CC(=C)Oc1ccnc2[nH]c(=O)[nH]c12. The molecule has 0 saturated carbocycles. The molecule has 2 heterocycles. The second kappa shape index (κ2) is 3.45. The van der Waals surface area contributed by atoms with Crippen molar-refractivity contribution in [1.29, 1.82) is 0 Å². The van der Waals surface area contributed by atoms with Crippen molar-refractivity contribution in [2.24, 2.45) is 0 Å². The van der Waals surface area contributed by atoms with Crippen LogP contribution in [-0.4, -0.2) is 15.0 Å². The van der Waals surface area contributed by atoms with Crippen molar-refractivity contribution in [1.82, 2.24) is 15.0 Å². The highest BCUT2D eigenvalue weighted by Crippen LogP contribution is 2.20. The Balaban J connectivity index is 2.55. The van der Waals surface area contributed by atoms with Gasteiger partial charge in [0.05, 0.1) is 0 Å². The number of imidazole rings is 1. The number of hydrogen-bond donors (Lipinski definition) is 2. The van der Waals surface area contributed by atoms with E-state index in [4.69, 9.17) is 4.74 Å². The van der Waals surface area contributed by atoms with E-state index in [9.17, 15) is 4.79 Å². The van der Waals surface area contributed by atoms with Crippen LogP contribution in [0.1, 0.15) is 0 Å². The molecule has 0 aromatic carbocycles. The fourth-order valence-corrected chi connectivity index (χ4v) is 1.18. The number of hydrogen-bond acceptors (Lipinski definition) is 3. The highest BCUT2D eigenvalue weighted by molar-refractivity contribution is 5.77. The van der Waals surface area contributed by atoms with E-state index >= 15 is 0 Å². The number of aromatic amines is 2. The van der Waals surface area contributed by atoms with Gasteiger partial charge in [-0.25, -0.2) is 9.78 Å². The van der Waals surface area contributed by atoms with Gasteiger partial charge in [-0.2, -0.15) is 0 Å². The van der Waals surface area contributed by atoms with Gasteiger partial charge in [0, 0.05) is 12.3 Å². The molecular formula is C10H9N3O2. The highest BCUT2D eigenvalue weighted by Gasteiger charge is 2.06. The van der Waals surface area contributed by atoms with Crippen molar-refractivity contribution in [2.75, 3.05) is 0 Å². The van der Waals surface area contributed by atoms with E-state index in [1.54, 1.807) is 6.07 Å². The summed E-state index contributed by atoms with van der Waals surface area (Å²) in [6.45, 7) is 7.14. The van der Waals surface area contributed by atoms with Crippen LogP contribution in [0.3, 0.4) is 0 Å². The first-order valence-electron chi connectivity index (χ1n) is 4.27. The number of nitrogens with zero attached hydrogens (tertiary/aromatic N) is 1. The number of fused-ring (bicyclic) bond motifs is 1. The fourth-order valence-electron chi connectivity index (χ4n) is 1.18. The van der Waals surface area contributed by atoms with Gasteiger partial charge < -0.3 is 9.72 Å². The average Bonchev–Trinajstić information content (AvgIpc) is 2.59. The Hall–Kier alpha value is -2.30. The zero-order valence-electron chi connectivity index (χ0n) is 7.91. The van der Waals surface area contributed by atoms with Gasteiger partial charge in [0.15, 0.2) is 11.4 Å². The first-order valence-corrected chi connectivity index (χ1v) is 4.27. The zero-order chi connectivity index (χ0) is 10.8. The number of aromatic nitrogens is 3. The zero-order valence-corrected chi connectivity index (χ0v) is 7.91. The molecule has 0 atom stereocenters. The third kappa shape index (κ3) is 1.67. The maximum atomic E-state index is 11.0. The number of allylic oxidation sites excluding steroid dienone is 1. The predicted molar refractivity (Wildman–Crippen MR) is 56.7 cm³/mol.